The number of anilines is 2. The van der Waals surface area contributed by atoms with Crippen molar-refractivity contribution >= 4 is 56.8 Å². The second-order valence-electron chi connectivity index (χ2n) is 8.48. The molecule has 0 spiro atoms. The number of aliphatic hydroxyl groups is 1. The van der Waals surface area contributed by atoms with Gasteiger partial charge in [0.2, 0.25) is 5.91 Å². The van der Waals surface area contributed by atoms with Crippen molar-refractivity contribution in [2.45, 2.75) is 13.8 Å². The first-order valence-electron chi connectivity index (χ1n) is 12.2. The third-order valence-electron chi connectivity index (χ3n) is 5.47. The summed E-state index contributed by atoms with van der Waals surface area (Å²) in [6.45, 7) is 3.47. The fourth-order valence-electron chi connectivity index (χ4n) is 3.63. The van der Waals surface area contributed by atoms with E-state index < -0.39 is 10.6 Å². The Kier molecular flexibility index (Phi) is 13.9. The molecule has 0 atom stereocenters. The third-order valence-corrected chi connectivity index (χ3v) is 5.47. The molecule has 0 fully saturated rings. The molecule has 218 valence electrons. The van der Waals surface area contributed by atoms with Crippen LogP contribution in [0.4, 0.5) is 22.7 Å². The molecular formula is C28H26N5NaO8S. The van der Waals surface area contributed by atoms with E-state index >= 15 is 0 Å². The first-order valence-corrected chi connectivity index (χ1v) is 13.2. The van der Waals surface area contributed by atoms with Crippen molar-refractivity contribution in [2.24, 2.45) is 15.3 Å². The molecule has 43 heavy (non-hydrogen) atoms. The van der Waals surface area contributed by atoms with Gasteiger partial charge in [-0.2, -0.15) is 27.5 Å². The van der Waals surface area contributed by atoms with Gasteiger partial charge in [0, 0.05) is 24.4 Å². The predicted octanol–water partition coefficient (Wildman–Crippen LogP) is 1.23. The second-order valence-corrected chi connectivity index (χ2v) is 8.89. The van der Waals surface area contributed by atoms with Gasteiger partial charge in [0.15, 0.2) is 0 Å². The number of hydrazone groups is 1. The molecule has 15 heteroatoms. The molecule has 13 nitrogen and oxygen atoms in total. The van der Waals surface area contributed by atoms with Gasteiger partial charge in [-0.3, -0.25) is 10.2 Å². The number of hydrogen-bond acceptors (Lipinski definition) is 12. The fraction of sp³-hybridized carbons (Fsp3) is 0.179. The van der Waals surface area contributed by atoms with Gasteiger partial charge in [-0.1, -0.05) is 17.7 Å². The monoisotopic (exact) mass is 615 g/mol. The predicted molar refractivity (Wildman–Crippen MR) is 154 cm³/mol. The number of nitrogens with one attached hydrogen (secondary N) is 2. The zero-order valence-electron chi connectivity index (χ0n) is 23.7. The Morgan fingerprint density at radius 3 is 2.37 bits per heavy atom. The number of aryl methyl sites for hydroxylation is 1. The fourth-order valence-corrected chi connectivity index (χ4v) is 3.63. The molecule has 1 aliphatic rings. The van der Waals surface area contributed by atoms with Gasteiger partial charge in [0.1, 0.15) is 18.1 Å². The van der Waals surface area contributed by atoms with E-state index in [1.807, 2.05) is 6.92 Å². The number of benzene rings is 3. The van der Waals surface area contributed by atoms with Gasteiger partial charge in [0.25, 0.3) is 0 Å². The Labute approximate surface area is 271 Å². The maximum atomic E-state index is 12.9. The Hall–Kier alpha value is -4.21. The van der Waals surface area contributed by atoms with Crippen molar-refractivity contribution in [3.63, 3.8) is 0 Å². The third kappa shape index (κ3) is 10.5. The molecule has 1 amide bonds. The van der Waals surface area contributed by atoms with Crippen LogP contribution >= 0.6 is 0 Å². The SMILES string of the molecule is COc1cc(N=Nc2ccc(OCCO)cc2)c(C)cc1N/N=C1/[C-]=Cc2cc(NC(C)=O)ccc2C1=O.O=S(=O)=O.[Na+]. The Morgan fingerprint density at radius 2 is 1.74 bits per heavy atom. The number of methoxy groups -OCH3 is 1. The number of allylic oxidation sites excluding steroid dienone is 1. The van der Waals surface area contributed by atoms with Crippen LogP contribution in [0.3, 0.4) is 0 Å². The number of carbonyl (C=O) groups is 2. The molecule has 1 aliphatic carbocycles. The summed E-state index contributed by atoms with van der Waals surface area (Å²) in [4.78, 5) is 24.2. The quantitative estimate of drug-likeness (QED) is 0.138. The van der Waals surface area contributed by atoms with Gasteiger partial charge in [0.05, 0.1) is 36.6 Å². The number of ketones is 1. The van der Waals surface area contributed by atoms with E-state index in [1.165, 1.54) is 14.0 Å². The van der Waals surface area contributed by atoms with Gasteiger partial charge in [-0.15, -0.1) is 18.2 Å². The maximum Gasteiger partial charge on any atom is 1.00 e. The van der Waals surface area contributed by atoms with E-state index in [0.717, 1.165) is 5.56 Å². The molecule has 0 aliphatic heterocycles. The van der Waals surface area contributed by atoms with Crippen LogP contribution in [0.1, 0.15) is 28.4 Å². The average Bonchev–Trinajstić information content (AvgIpc) is 2.95. The van der Waals surface area contributed by atoms with Crippen molar-refractivity contribution < 1.29 is 66.4 Å². The summed E-state index contributed by atoms with van der Waals surface area (Å²) in [6.07, 6.45) is 4.55. The van der Waals surface area contributed by atoms with Crippen LogP contribution < -0.4 is 49.8 Å². The van der Waals surface area contributed by atoms with Crippen molar-refractivity contribution in [1.29, 1.82) is 0 Å². The molecule has 3 N–H and O–H groups in total. The number of fused-ring (bicyclic) bond motifs is 1. The Morgan fingerprint density at radius 1 is 1.05 bits per heavy atom. The van der Waals surface area contributed by atoms with E-state index in [2.05, 4.69) is 32.1 Å². The van der Waals surface area contributed by atoms with Crippen LogP contribution in [-0.2, 0) is 15.4 Å². The first-order chi connectivity index (χ1) is 20.1. The number of nitrogens with zero attached hydrogens (tertiary/aromatic N) is 3. The molecule has 0 unspecified atom stereocenters. The van der Waals surface area contributed by atoms with E-state index in [-0.39, 0.29) is 60.2 Å². The van der Waals surface area contributed by atoms with Crippen LogP contribution in [-0.4, -0.2) is 55.5 Å². The minimum Gasteiger partial charge on any atom is -0.494 e. The number of azo groups is 1. The standard InChI is InChI=1S/C28H26N5O5.Na.O3S/c1-17-14-26(27(37-3)16-25(17)32-30-20-5-8-22(9-6-20)38-13-12-34)33-31-24-11-4-19-15-21(29-18(2)35)7-10-23(19)28(24)36;;1-4(2)3/h4-10,14-16,33-34H,12-13H2,1-3H3,(H,29,35);;/q-1;+1;/b31-24-,32-30?;;. The molecule has 3 aromatic rings. The summed E-state index contributed by atoms with van der Waals surface area (Å²) < 4.78 is 36.2. The largest absolute Gasteiger partial charge is 1.00 e. The van der Waals surface area contributed by atoms with Gasteiger partial charge in [-0.05, 0) is 48.9 Å². The first kappa shape index (κ1) is 35.0. The van der Waals surface area contributed by atoms with E-state index in [4.69, 9.17) is 27.2 Å². The molecule has 0 bridgehead atoms. The smallest absolute Gasteiger partial charge is 0.494 e. The van der Waals surface area contributed by atoms with Gasteiger partial charge >= 0.3 is 40.2 Å². The normalized spacial score (nSPS) is 12.5. The minimum absolute atomic E-state index is 0. The van der Waals surface area contributed by atoms with Crippen LogP contribution in [0.25, 0.3) is 6.08 Å². The molecular weight excluding hydrogens is 589 g/mol. The van der Waals surface area contributed by atoms with E-state index in [1.54, 1.807) is 60.7 Å². The number of carbonyl (C=O) groups excluding carboxylic acids is 2. The van der Waals surface area contributed by atoms with Crippen LogP contribution in [0.5, 0.6) is 11.5 Å². The molecule has 0 radical (unpaired) electrons. The number of rotatable bonds is 9. The molecule has 0 saturated carbocycles. The second kappa shape index (κ2) is 17.0. The molecule has 4 rings (SSSR count). The number of ether oxygens (including phenoxy) is 2. The zero-order valence-corrected chi connectivity index (χ0v) is 26.6. The Balaban J connectivity index is 0.00000121. The number of Topliss-reactive ketones (excluding diaryl/α,β-unsaturated/α-hetero) is 1. The zero-order chi connectivity index (χ0) is 30.6. The minimum atomic E-state index is -3.11. The van der Waals surface area contributed by atoms with Crippen molar-refractivity contribution in [3.8, 4) is 11.5 Å². The number of hydrogen-bond donors (Lipinski definition) is 3. The molecule has 0 heterocycles. The number of amides is 1. The summed E-state index contributed by atoms with van der Waals surface area (Å²) in [7, 11) is -1.59. The van der Waals surface area contributed by atoms with Gasteiger partial charge in [-0.25, -0.2) is 0 Å². The van der Waals surface area contributed by atoms with E-state index in [0.29, 0.717) is 45.4 Å². The van der Waals surface area contributed by atoms with E-state index in [9.17, 15) is 9.59 Å². The Bertz CT molecular complexity index is 1670. The molecule has 3 aromatic carbocycles. The van der Waals surface area contributed by atoms with Crippen molar-refractivity contribution in [2.75, 3.05) is 31.1 Å². The van der Waals surface area contributed by atoms with Crippen molar-refractivity contribution in [3.05, 3.63) is 77.4 Å². The van der Waals surface area contributed by atoms with Crippen molar-refractivity contribution in [1.82, 2.24) is 0 Å². The van der Waals surface area contributed by atoms with Gasteiger partial charge < -0.3 is 24.7 Å². The maximum absolute atomic E-state index is 12.9. The number of aliphatic hydroxyl groups excluding tert-OH is 1. The van der Waals surface area contributed by atoms with Crippen LogP contribution in [0.2, 0.25) is 0 Å². The van der Waals surface area contributed by atoms with Crippen LogP contribution in [0, 0.1) is 13.0 Å². The summed E-state index contributed by atoms with van der Waals surface area (Å²) in [5, 5.41) is 24.4. The summed E-state index contributed by atoms with van der Waals surface area (Å²) in [5.41, 5.74) is 7.31. The topological polar surface area (TPSA) is 185 Å². The summed E-state index contributed by atoms with van der Waals surface area (Å²) >= 11 is 0. The summed E-state index contributed by atoms with van der Waals surface area (Å²) in [5.74, 6) is 0.615. The van der Waals surface area contributed by atoms with Crippen LogP contribution in [0.15, 0.2) is 69.9 Å². The molecule has 0 saturated heterocycles. The average molecular weight is 616 g/mol. The molecule has 0 aromatic heterocycles. The summed E-state index contributed by atoms with van der Waals surface area (Å²) in [6, 6.07) is 15.6.